The van der Waals surface area contributed by atoms with Gasteiger partial charge in [0.05, 0.1) is 17.5 Å². The van der Waals surface area contributed by atoms with Crippen LogP contribution in [0, 0.1) is 0 Å². The Hall–Kier alpha value is -3.36. The molecule has 0 saturated carbocycles. The predicted octanol–water partition coefficient (Wildman–Crippen LogP) is 5.67. The fourth-order valence-corrected chi connectivity index (χ4v) is 3.48. The molecule has 3 rings (SSSR count). The van der Waals surface area contributed by atoms with E-state index in [2.05, 4.69) is 14.7 Å². The first-order valence-electron chi connectivity index (χ1n) is 10.7. The van der Waals surface area contributed by atoms with E-state index in [-0.39, 0.29) is 17.7 Å². The second kappa shape index (κ2) is 8.77. The molecule has 6 nitrogen and oxygen atoms in total. The molecule has 9 heteroatoms. The summed E-state index contributed by atoms with van der Waals surface area (Å²) in [7, 11) is 0. The van der Waals surface area contributed by atoms with Gasteiger partial charge in [-0.15, -0.1) is 13.2 Å². The van der Waals surface area contributed by atoms with Crippen molar-refractivity contribution >= 4 is 17.0 Å². The topological polar surface area (TPSA) is 81.3 Å². The van der Waals surface area contributed by atoms with Gasteiger partial charge in [0.15, 0.2) is 0 Å². The Bertz CT molecular complexity index is 1280. The highest BCUT2D eigenvalue weighted by molar-refractivity contribution is 5.88. The average molecular weight is 476 g/mol. The van der Waals surface area contributed by atoms with E-state index >= 15 is 0 Å². The number of alkyl halides is 3. The number of benzene rings is 2. The number of hydrogen-bond acceptors (Lipinski definition) is 5. The summed E-state index contributed by atoms with van der Waals surface area (Å²) in [6.07, 6.45) is -4.97. The Labute approximate surface area is 195 Å². The highest BCUT2D eigenvalue weighted by Crippen LogP contribution is 2.31. The molecule has 182 valence electrons. The lowest BCUT2D eigenvalue weighted by atomic mass is 9.92. The molecule has 0 aliphatic carbocycles. The number of aromatic amines is 1. The molecule has 0 atom stereocenters. The molecule has 2 aromatic carbocycles. The quantitative estimate of drug-likeness (QED) is 0.491. The third-order valence-electron chi connectivity index (χ3n) is 4.74. The van der Waals surface area contributed by atoms with Crippen LogP contribution in [0.4, 0.5) is 13.2 Å². The zero-order valence-electron chi connectivity index (χ0n) is 19.9. The van der Waals surface area contributed by atoms with Crippen molar-refractivity contribution < 1.29 is 27.4 Å². The molecule has 0 fully saturated rings. The van der Waals surface area contributed by atoms with Gasteiger partial charge in [0.1, 0.15) is 17.0 Å². The van der Waals surface area contributed by atoms with Crippen LogP contribution in [-0.2, 0) is 21.4 Å². The van der Waals surface area contributed by atoms with Crippen molar-refractivity contribution in [2.45, 2.75) is 65.3 Å². The lowest BCUT2D eigenvalue weighted by molar-refractivity contribution is -0.274. The molecule has 0 aliphatic heterocycles. The van der Waals surface area contributed by atoms with Crippen LogP contribution in [0.5, 0.6) is 5.75 Å². The molecule has 1 heterocycles. The molecule has 34 heavy (non-hydrogen) atoms. The molecule has 0 radical (unpaired) electrons. The average Bonchev–Trinajstić information content (AvgIpc) is 2.63. The van der Waals surface area contributed by atoms with Gasteiger partial charge in [-0.2, -0.15) is 0 Å². The van der Waals surface area contributed by atoms with Crippen LogP contribution in [0.2, 0.25) is 0 Å². The summed E-state index contributed by atoms with van der Waals surface area (Å²) in [5, 5.41) is 0. The van der Waals surface area contributed by atoms with E-state index in [1.807, 2.05) is 20.8 Å². The van der Waals surface area contributed by atoms with Crippen molar-refractivity contribution in [3.63, 3.8) is 0 Å². The number of rotatable bonds is 4. The Balaban J connectivity index is 2.19. The maximum Gasteiger partial charge on any atom is 0.573 e. The highest BCUT2D eigenvalue weighted by atomic mass is 19.4. The summed E-state index contributed by atoms with van der Waals surface area (Å²) in [6, 6.07) is 8.74. The summed E-state index contributed by atoms with van der Waals surface area (Å²) < 4.78 is 47.5. The largest absolute Gasteiger partial charge is 0.573 e. The van der Waals surface area contributed by atoms with Gasteiger partial charge < -0.3 is 14.5 Å². The molecular formula is C25H27F3N2O4. The first-order valence-corrected chi connectivity index (χ1v) is 10.7. The van der Waals surface area contributed by atoms with Gasteiger partial charge in [0.2, 0.25) is 0 Å². The molecular weight excluding hydrogens is 449 g/mol. The third kappa shape index (κ3) is 6.36. The maximum atomic E-state index is 12.7. The number of carbonyl (C=O) groups is 1. The van der Waals surface area contributed by atoms with Crippen molar-refractivity contribution in [1.82, 2.24) is 9.97 Å². The molecule has 1 N–H and O–H groups in total. The van der Waals surface area contributed by atoms with Gasteiger partial charge in [-0.1, -0.05) is 32.9 Å². The minimum absolute atomic E-state index is 0.136. The van der Waals surface area contributed by atoms with E-state index in [0.29, 0.717) is 33.4 Å². The van der Waals surface area contributed by atoms with Gasteiger partial charge in [-0.3, -0.25) is 9.59 Å². The first-order chi connectivity index (χ1) is 15.5. The Morgan fingerprint density at radius 1 is 1.00 bits per heavy atom. The number of ether oxygens (including phenoxy) is 2. The number of nitrogens with zero attached hydrogens (tertiary/aromatic N) is 1. The summed E-state index contributed by atoms with van der Waals surface area (Å²) in [5.41, 5.74) is 0.824. The highest BCUT2D eigenvalue weighted by Gasteiger charge is 2.31. The number of fused-ring (bicyclic) bond motifs is 1. The molecule has 0 aliphatic rings. The molecule has 0 unspecified atom stereocenters. The van der Waals surface area contributed by atoms with Crippen molar-refractivity contribution in [2.24, 2.45) is 0 Å². The van der Waals surface area contributed by atoms with Crippen LogP contribution < -0.4 is 10.3 Å². The molecule has 0 saturated heterocycles. The normalized spacial score (nSPS) is 12.6. The number of nitrogens with one attached hydrogen (secondary N) is 1. The Morgan fingerprint density at radius 2 is 1.68 bits per heavy atom. The second-order valence-electron chi connectivity index (χ2n) is 10.0. The van der Waals surface area contributed by atoms with Crippen molar-refractivity contribution in [3.05, 3.63) is 58.0 Å². The molecule has 0 amide bonds. The van der Waals surface area contributed by atoms with Crippen LogP contribution in [0.15, 0.2) is 41.2 Å². The number of aromatic nitrogens is 2. The van der Waals surface area contributed by atoms with Crippen molar-refractivity contribution in [2.75, 3.05) is 0 Å². The maximum absolute atomic E-state index is 12.7. The third-order valence-corrected chi connectivity index (χ3v) is 4.74. The van der Waals surface area contributed by atoms with Crippen LogP contribution in [0.3, 0.4) is 0 Å². The Kier molecular flexibility index (Phi) is 6.52. The number of carbonyl (C=O) groups excluding carboxylic acids is 1. The van der Waals surface area contributed by atoms with Crippen LogP contribution >= 0.6 is 0 Å². The van der Waals surface area contributed by atoms with Gasteiger partial charge >= 0.3 is 12.3 Å². The van der Waals surface area contributed by atoms with Gasteiger partial charge in [0.25, 0.3) is 5.56 Å². The zero-order valence-corrected chi connectivity index (χ0v) is 19.9. The smallest absolute Gasteiger partial charge is 0.460 e. The second-order valence-corrected chi connectivity index (χ2v) is 10.0. The molecule has 0 spiro atoms. The fourth-order valence-electron chi connectivity index (χ4n) is 3.48. The zero-order chi connectivity index (χ0) is 25.5. The molecule has 0 bridgehead atoms. The fraction of sp³-hybridized carbons (Fsp3) is 0.400. The molecule has 3 aromatic rings. The number of halogens is 3. The van der Waals surface area contributed by atoms with Crippen molar-refractivity contribution in [1.29, 1.82) is 0 Å². The first kappa shape index (κ1) is 25.3. The minimum Gasteiger partial charge on any atom is -0.460 e. The van der Waals surface area contributed by atoms with E-state index in [9.17, 15) is 22.8 Å². The van der Waals surface area contributed by atoms with E-state index in [0.717, 1.165) is 0 Å². The van der Waals surface area contributed by atoms with Crippen molar-refractivity contribution in [3.8, 4) is 16.9 Å². The lowest BCUT2D eigenvalue weighted by Crippen LogP contribution is -2.27. The summed E-state index contributed by atoms with van der Waals surface area (Å²) in [5.74, 6) is -0.876. The number of H-pyrrole nitrogens is 1. The number of esters is 1. The number of hydrogen-bond donors (Lipinski definition) is 1. The van der Waals surface area contributed by atoms with Gasteiger partial charge in [0, 0.05) is 5.41 Å². The van der Waals surface area contributed by atoms with E-state index < -0.39 is 23.3 Å². The van der Waals surface area contributed by atoms with Crippen LogP contribution in [-0.4, -0.2) is 27.9 Å². The summed E-state index contributed by atoms with van der Waals surface area (Å²) >= 11 is 0. The lowest BCUT2D eigenvalue weighted by Gasteiger charge is -2.21. The van der Waals surface area contributed by atoms with Gasteiger partial charge in [-0.25, -0.2) is 4.98 Å². The van der Waals surface area contributed by atoms with Crippen LogP contribution in [0.25, 0.3) is 22.2 Å². The van der Waals surface area contributed by atoms with E-state index in [1.165, 1.54) is 18.2 Å². The summed E-state index contributed by atoms with van der Waals surface area (Å²) in [4.78, 5) is 32.7. The van der Waals surface area contributed by atoms with E-state index in [1.54, 1.807) is 39.0 Å². The van der Waals surface area contributed by atoms with E-state index in [4.69, 9.17) is 4.74 Å². The SMILES string of the molecule is CC(C)(C)OC(=O)Cc1cc(-c2cccc(OC(F)(F)F)c2)cc2[nH]c(=O)c(C(C)(C)C)nc12. The molecule has 1 aromatic heterocycles. The minimum atomic E-state index is -4.83. The van der Waals surface area contributed by atoms with Crippen LogP contribution in [0.1, 0.15) is 52.8 Å². The van der Waals surface area contributed by atoms with Gasteiger partial charge in [-0.05, 0) is 61.7 Å². The standard InChI is InChI=1S/C25H27F3N2O4/c1-23(2,3)21-22(32)29-18-12-15(14-8-7-9-17(11-14)33-25(26,27)28)10-16(20(18)30-21)13-19(31)34-24(4,5)6/h7-12H,13H2,1-6H3,(H,29,32). The summed E-state index contributed by atoms with van der Waals surface area (Å²) in [6.45, 7) is 10.8. The Morgan fingerprint density at radius 3 is 2.26 bits per heavy atom. The monoisotopic (exact) mass is 476 g/mol. The predicted molar refractivity (Wildman–Crippen MR) is 123 cm³/mol.